The molecule has 2 saturated heterocycles. The van der Waals surface area contributed by atoms with E-state index in [4.69, 9.17) is 9.47 Å². The van der Waals surface area contributed by atoms with Crippen LogP contribution in [-0.2, 0) is 9.59 Å². The van der Waals surface area contributed by atoms with Gasteiger partial charge in [-0.2, -0.15) is 0 Å². The lowest BCUT2D eigenvalue weighted by atomic mass is 9.62. The molecule has 8 heteroatoms. The molecule has 0 bridgehead atoms. The van der Waals surface area contributed by atoms with Crippen LogP contribution >= 0.6 is 0 Å². The lowest BCUT2D eigenvalue weighted by molar-refractivity contribution is -0.130. The Morgan fingerprint density at radius 3 is 2.51 bits per heavy atom. The van der Waals surface area contributed by atoms with Gasteiger partial charge in [0.05, 0.1) is 32.0 Å². The van der Waals surface area contributed by atoms with Crippen LogP contribution in [0.25, 0.3) is 0 Å². The van der Waals surface area contributed by atoms with Gasteiger partial charge < -0.3 is 14.4 Å². The molecule has 2 aliphatic heterocycles. The molecule has 2 aromatic carbocycles. The number of allylic oxidation sites excluding steroid dienone is 1. The van der Waals surface area contributed by atoms with Gasteiger partial charge in [-0.05, 0) is 30.5 Å². The van der Waals surface area contributed by atoms with Gasteiger partial charge in [0.15, 0.2) is 5.78 Å². The number of carbonyl (C=O) groups excluding carboxylic acids is 2. The lowest BCUT2D eigenvalue weighted by Crippen LogP contribution is -2.58. The molecular formula is C27H32N4O4. The number of nitrogens with one attached hydrogen (secondary N) is 2. The predicted octanol–water partition coefficient (Wildman–Crippen LogP) is 2.54. The van der Waals surface area contributed by atoms with Gasteiger partial charge in [0.2, 0.25) is 5.91 Å². The van der Waals surface area contributed by atoms with Crippen LogP contribution < -0.4 is 25.2 Å². The highest BCUT2D eigenvalue weighted by Crippen LogP contribution is 2.49. The normalized spacial score (nSPS) is 29.1. The third-order valence-electron chi connectivity index (χ3n) is 7.40. The van der Waals surface area contributed by atoms with Gasteiger partial charge in [-0.3, -0.25) is 14.9 Å². The van der Waals surface area contributed by atoms with Crippen LogP contribution in [0.2, 0.25) is 0 Å². The fourth-order valence-electron chi connectivity index (χ4n) is 5.83. The van der Waals surface area contributed by atoms with E-state index >= 15 is 0 Å². The summed E-state index contributed by atoms with van der Waals surface area (Å²) < 4.78 is 11.1. The van der Waals surface area contributed by atoms with Crippen molar-refractivity contribution in [2.24, 2.45) is 17.8 Å². The summed E-state index contributed by atoms with van der Waals surface area (Å²) >= 11 is 0. The van der Waals surface area contributed by atoms with Crippen molar-refractivity contribution in [1.29, 1.82) is 0 Å². The van der Waals surface area contributed by atoms with Crippen LogP contribution in [-0.4, -0.2) is 57.6 Å². The van der Waals surface area contributed by atoms with Crippen LogP contribution in [0.3, 0.4) is 0 Å². The molecule has 184 valence electrons. The molecule has 0 aromatic heterocycles. The zero-order valence-corrected chi connectivity index (χ0v) is 20.5. The molecule has 1 aliphatic carbocycles. The molecule has 3 aliphatic rings. The minimum Gasteiger partial charge on any atom is -0.497 e. The molecular weight excluding hydrogens is 444 g/mol. The Hall–Kier alpha value is -3.36. The highest BCUT2D eigenvalue weighted by atomic mass is 16.5. The number of Topliss-reactive ketones (excluding diaryl/α,β-unsaturated/α-hetero) is 1. The molecule has 5 unspecified atom stereocenters. The monoisotopic (exact) mass is 476 g/mol. The number of hydrogen-bond acceptors (Lipinski definition) is 7. The number of amides is 1. The average Bonchev–Trinajstić information content (AvgIpc) is 3.22. The fraction of sp³-hybridized carbons (Fsp3) is 0.407. The van der Waals surface area contributed by atoms with Crippen LogP contribution in [0.5, 0.6) is 11.5 Å². The summed E-state index contributed by atoms with van der Waals surface area (Å²) in [6.07, 6.45) is 2.39. The first-order valence-corrected chi connectivity index (χ1v) is 12.0. The van der Waals surface area contributed by atoms with E-state index in [9.17, 15) is 9.59 Å². The second-order valence-electron chi connectivity index (χ2n) is 9.63. The number of carbonyl (C=O) groups is 2. The number of nitrogens with zero attached hydrogens (tertiary/aromatic N) is 2. The van der Waals surface area contributed by atoms with E-state index in [0.717, 1.165) is 16.8 Å². The summed E-state index contributed by atoms with van der Waals surface area (Å²) in [5, 5.41) is 5.06. The molecule has 0 spiro atoms. The highest BCUT2D eigenvalue weighted by molar-refractivity contribution is 6.02. The zero-order chi connectivity index (χ0) is 24.7. The number of piperidine rings is 1. The molecule has 2 N–H and O–H groups in total. The highest BCUT2D eigenvalue weighted by Gasteiger charge is 2.55. The minimum atomic E-state index is -0.342. The van der Waals surface area contributed by atoms with Gasteiger partial charge in [-0.1, -0.05) is 24.3 Å². The van der Waals surface area contributed by atoms with E-state index in [1.807, 2.05) is 73.7 Å². The van der Waals surface area contributed by atoms with Gasteiger partial charge >= 0.3 is 0 Å². The largest absolute Gasteiger partial charge is 0.497 e. The van der Waals surface area contributed by atoms with Gasteiger partial charge in [0, 0.05) is 55.9 Å². The maximum absolute atomic E-state index is 13.9. The first-order valence-electron chi connectivity index (χ1n) is 12.0. The Bertz CT molecular complexity index is 1150. The molecule has 5 rings (SSSR count). The Kier molecular flexibility index (Phi) is 6.25. The van der Waals surface area contributed by atoms with Crippen molar-refractivity contribution in [3.05, 3.63) is 65.9 Å². The van der Waals surface area contributed by atoms with Crippen molar-refractivity contribution >= 4 is 17.4 Å². The predicted molar refractivity (Wildman–Crippen MR) is 133 cm³/mol. The number of benzene rings is 2. The Morgan fingerprint density at radius 1 is 1.06 bits per heavy atom. The van der Waals surface area contributed by atoms with Crippen LogP contribution in [0.1, 0.15) is 17.9 Å². The van der Waals surface area contributed by atoms with Crippen molar-refractivity contribution in [3.63, 3.8) is 0 Å². The summed E-state index contributed by atoms with van der Waals surface area (Å²) in [7, 11) is 7.09. The van der Waals surface area contributed by atoms with Crippen molar-refractivity contribution in [1.82, 2.24) is 15.6 Å². The Morgan fingerprint density at radius 2 is 1.83 bits per heavy atom. The standard InChI is InChI=1S/C27H32N4O4/c1-30(2)15-22-19(18-11-10-17(34-3)12-23(18)35-4)13-20-21(25(22)32)14-28-26-24(20)27(33)31(29-26)16-8-6-5-7-9-16/h5-12,15,19-21,24,26,28-29H,13-14H2,1-4H3/b22-15-. The topological polar surface area (TPSA) is 83.1 Å². The SMILES string of the molecule is COc1ccc(C2CC3C(CNC4NN(c5ccccc5)C(=O)C43)C(=O)/C2=C\N(C)C)c(OC)c1. The van der Waals surface area contributed by atoms with Gasteiger partial charge in [0.25, 0.3) is 0 Å². The molecule has 1 amide bonds. The number of fused-ring (bicyclic) bond motifs is 3. The Balaban J connectivity index is 1.54. The summed E-state index contributed by atoms with van der Waals surface area (Å²) in [5.74, 6) is 0.571. The van der Waals surface area contributed by atoms with E-state index in [1.54, 1.807) is 19.2 Å². The van der Waals surface area contributed by atoms with Crippen LogP contribution in [0.15, 0.2) is 60.3 Å². The number of rotatable bonds is 5. The molecule has 1 saturated carbocycles. The molecule has 35 heavy (non-hydrogen) atoms. The number of ether oxygens (including phenoxy) is 2. The van der Waals surface area contributed by atoms with Crippen molar-refractivity contribution in [3.8, 4) is 11.5 Å². The fourth-order valence-corrected chi connectivity index (χ4v) is 5.83. The summed E-state index contributed by atoms with van der Waals surface area (Å²) in [4.78, 5) is 29.5. The van der Waals surface area contributed by atoms with E-state index in [2.05, 4.69) is 10.7 Å². The quantitative estimate of drug-likeness (QED) is 0.642. The molecule has 2 aromatic rings. The summed E-state index contributed by atoms with van der Waals surface area (Å²) in [5.41, 5.74) is 5.82. The second-order valence-corrected chi connectivity index (χ2v) is 9.63. The van der Waals surface area contributed by atoms with E-state index in [1.165, 1.54) is 0 Å². The number of hydrogen-bond donors (Lipinski definition) is 2. The third-order valence-corrected chi connectivity index (χ3v) is 7.40. The second kappa shape index (κ2) is 9.36. The van der Waals surface area contributed by atoms with Crippen LogP contribution in [0.4, 0.5) is 5.69 Å². The maximum Gasteiger partial charge on any atom is 0.247 e. The maximum atomic E-state index is 13.9. The van der Waals surface area contributed by atoms with E-state index in [0.29, 0.717) is 24.5 Å². The number of para-hydroxylation sites is 1. The number of ketones is 1. The number of methoxy groups -OCH3 is 2. The summed E-state index contributed by atoms with van der Waals surface area (Å²) in [6, 6.07) is 15.3. The minimum absolute atomic E-state index is 0.00307. The van der Waals surface area contributed by atoms with E-state index in [-0.39, 0.29) is 41.5 Å². The third kappa shape index (κ3) is 4.06. The van der Waals surface area contributed by atoms with Crippen LogP contribution in [0, 0.1) is 17.8 Å². The Labute approximate surface area is 205 Å². The van der Waals surface area contributed by atoms with Gasteiger partial charge in [-0.25, -0.2) is 10.4 Å². The molecule has 5 atom stereocenters. The zero-order valence-electron chi connectivity index (χ0n) is 20.5. The number of anilines is 1. The van der Waals surface area contributed by atoms with Crippen molar-refractivity contribution in [2.75, 3.05) is 39.9 Å². The molecule has 3 fully saturated rings. The summed E-state index contributed by atoms with van der Waals surface area (Å²) in [6.45, 7) is 0.533. The first kappa shape index (κ1) is 23.4. The molecule has 0 radical (unpaired) electrons. The molecule has 8 nitrogen and oxygen atoms in total. The van der Waals surface area contributed by atoms with Crippen molar-refractivity contribution < 1.29 is 19.1 Å². The van der Waals surface area contributed by atoms with Gasteiger partial charge in [-0.15, -0.1) is 0 Å². The smallest absolute Gasteiger partial charge is 0.247 e. The lowest BCUT2D eigenvalue weighted by Gasteiger charge is -2.44. The number of hydrazine groups is 1. The van der Waals surface area contributed by atoms with E-state index < -0.39 is 0 Å². The average molecular weight is 477 g/mol. The molecule has 2 heterocycles. The van der Waals surface area contributed by atoms with Crippen molar-refractivity contribution in [2.45, 2.75) is 18.5 Å². The van der Waals surface area contributed by atoms with Gasteiger partial charge in [0.1, 0.15) is 11.5 Å². The first-order chi connectivity index (χ1) is 16.9.